The Hall–Kier alpha value is -3.03. The molecular formula is C12H13N5O3. The third kappa shape index (κ3) is 2.53. The Labute approximate surface area is 113 Å². The van der Waals surface area contributed by atoms with Crippen molar-refractivity contribution in [1.82, 2.24) is 10.2 Å². The quantitative estimate of drug-likeness (QED) is 0.244. The average molecular weight is 275 g/mol. The molecule has 0 bridgehead atoms. The molecular weight excluding hydrogens is 262 g/mol. The normalized spacial score (nSPS) is 11.3. The monoisotopic (exact) mass is 275 g/mol. The van der Waals surface area contributed by atoms with Crippen molar-refractivity contribution in [1.29, 1.82) is 0 Å². The zero-order valence-electron chi connectivity index (χ0n) is 10.6. The summed E-state index contributed by atoms with van der Waals surface area (Å²) in [6.07, 6.45) is 1.31. The van der Waals surface area contributed by atoms with Crippen molar-refractivity contribution in [3.05, 3.63) is 41.1 Å². The number of aromatic hydroxyl groups is 1. The highest BCUT2D eigenvalue weighted by Crippen LogP contribution is 2.20. The average Bonchev–Trinajstić information content (AvgIpc) is 2.88. The minimum Gasteiger partial charge on any atom is -0.507 e. The van der Waals surface area contributed by atoms with E-state index in [4.69, 9.17) is 10.9 Å². The van der Waals surface area contributed by atoms with E-state index < -0.39 is 5.91 Å². The van der Waals surface area contributed by atoms with Crippen molar-refractivity contribution in [2.75, 3.05) is 5.32 Å². The number of anilines is 1. The number of benzene rings is 1. The number of phenols is 1. The number of oxime groups is 1. The summed E-state index contributed by atoms with van der Waals surface area (Å²) in [6.45, 7) is 1.80. The summed E-state index contributed by atoms with van der Waals surface area (Å²) in [7, 11) is 0. The van der Waals surface area contributed by atoms with Crippen molar-refractivity contribution in [3.63, 3.8) is 0 Å². The molecule has 0 aliphatic carbocycles. The van der Waals surface area contributed by atoms with E-state index in [1.54, 1.807) is 19.1 Å². The molecule has 0 fully saturated rings. The van der Waals surface area contributed by atoms with Crippen LogP contribution in [0.4, 0.5) is 5.82 Å². The van der Waals surface area contributed by atoms with Gasteiger partial charge < -0.3 is 21.4 Å². The van der Waals surface area contributed by atoms with Crippen LogP contribution in [0.1, 0.15) is 21.5 Å². The molecule has 0 radical (unpaired) electrons. The fourth-order valence-electron chi connectivity index (χ4n) is 1.64. The first-order valence-corrected chi connectivity index (χ1v) is 5.65. The lowest BCUT2D eigenvalue weighted by Crippen LogP contribution is -2.18. The van der Waals surface area contributed by atoms with Gasteiger partial charge >= 0.3 is 0 Å². The van der Waals surface area contributed by atoms with Crippen LogP contribution in [0.3, 0.4) is 0 Å². The predicted molar refractivity (Wildman–Crippen MR) is 71.9 cm³/mol. The van der Waals surface area contributed by atoms with Crippen LogP contribution in [0.15, 0.2) is 29.6 Å². The number of nitrogens with one attached hydrogen (secondary N) is 2. The van der Waals surface area contributed by atoms with E-state index in [1.165, 1.54) is 12.3 Å². The minimum atomic E-state index is -0.539. The van der Waals surface area contributed by atoms with Crippen molar-refractivity contribution < 1.29 is 15.1 Å². The molecule has 0 aliphatic heterocycles. The van der Waals surface area contributed by atoms with Crippen molar-refractivity contribution in [3.8, 4) is 5.75 Å². The Morgan fingerprint density at radius 3 is 2.90 bits per heavy atom. The lowest BCUT2D eigenvalue weighted by Gasteiger charge is -2.07. The molecule has 0 unspecified atom stereocenters. The van der Waals surface area contributed by atoms with Crippen molar-refractivity contribution in [2.45, 2.75) is 6.92 Å². The van der Waals surface area contributed by atoms with Crippen molar-refractivity contribution in [2.24, 2.45) is 10.9 Å². The lowest BCUT2D eigenvalue weighted by atomic mass is 10.1. The summed E-state index contributed by atoms with van der Waals surface area (Å²) in [5.41, 5.74) is 6.63. The van der Waals surface area contributed by atoms with E-state index in [-0.39, 0.29) is 28.5 Å². The van der Waals surface area contributed by atoms with Gasteiger partial charge in [0.2, 0.25) is 0 Å². The van der Waals surface area contributed by atoms with Gasteiger partial charge in [-0.3, -0.25) is 9.89 Å². The number of rotatable bonds is 3. The molecule has 6 N–H and O–H groups in total. The topological polar surface area (TPSA) is 137 Å². The molecule has 0 spiro atoms. The maximum absolute atomic E-state index is 12.1. The summed E-state index contributed by atoms with van der Waals surface area (Å²) < 4.78 is 0. The Kier molecular flexibility index (Phi) is 3.56. The third-order valence-electron chi connectivity index (χ3n) is 2.66. The molecule has 0 aliphatic rings. The zero-order chi connectivity index (χ0) is 14.7. The van der Waals surface area contributed by atoms with Crippen LogP contribution >= 0.6 is 0 Å². The summed E-state index contributed by atoms with van der Waals surface area (Å²) in [4.78, 5) is 12.1. The van der Waals surface area contributed by atoms with Crippen LogP contribution in [0.25, 0.3) is 0 Å². The number of amides is 1. The Bertz CT molecular complexity index is 677. The van der Waals surface area contributed by atoms with Gasteiger partial charge in [-0.1, -0.05) is 16.8 Å². The summed E-state index contributed by atoms with van der Waals surface area (Å²) in [5, 5.41) is 29.9. The second-order valence-electron chi connectivity index (χ2n) is 4.12. The molecule has 104 valence electrons. The highest BCUT2D eigenvalue weighted by Gasteiger charge is 2.16. The Morgan fingerprint density at radius 1 is 1.45 bits per heavy atom. The van der Waals surface area contributed by atoms with Gasteiger partial charge in [-0.2, -0.15) is 5.10 Å². The fraction of sp³-hybridized carbons (Fsp3) is 0.0833. The van der Waals surface area contributed by atoms with Gasteiger partial charge in [-0.15, -0.1) is 0 Å². The van der Waals surface area contributed by atoms with Gasteiger partial charge in [-0.05, 0) is 19.1 Å². The van der Waals surface area contributed by atoms with Gasteiger partial charge in [0.15, 0.2) is 5.84 Å². The number of carbonyl (C=O) groups excluding carboxylic acids is 1. The maximum atomic E-state index is 12.1. The van der Waals surface area contributed by atoms with Gasteiger partial charge in [0.1, 0.15) is 11.6 Å². The van der Waals surface area contributed by atoms with E-state index in [9.17, 15) is 9.90 Å². The molecule has 1 aromatic heterocycles. The minimum absolute atomic E-state index is 0.116. The maximum Gasteiger partial charge on any atom is 0.260 e. The highest BCUT2D eigenvalue weighted by molar-refractivity contribution is 6.10. The van der Waals surface area contributed by atoms with E-state index >= 15 is 0 Å². The van der Waals surface area contributed by atoms with E-state index in [2.05, 4.69) is 20.7 Å². The van der Waals surface area contributed by atoms with Crippen LogP contribution in [0.2, 0.25) is 0 Å². The lowest BCUT2D eigenvalue weighted by molar-refractivity contribution is 0.102. The van der Waals surface area contributed by atoms with Crippen molar-refractivity contribution >= 4 is 17.6 Å². The largest absolute Gasteiger partial charge is 0.507 e. The van der Waals surface area contributed by atoms with Crippen LogP contribution in [-0.2, 0) is 0 Å². The van der Waals surface area contributed by atoms with Gasteiger partial charge in [0.05, 0.1) is 17.3 Å². The van der Waals surface area contributed by atoms with Gasteiger partial charge in [0.25, 0.3) is 5.91 Å². The first kappa shape index (κ1) is 13.4. The fourth-order valence-corrected chi connectivity index (χ4v) is 1.64. The molecule has 1 aromatic carbocycles. The molecule has 20 heavy (non-hydrogen) atoms. The first-order valence-electron chi connectivity index (χ1n) is 5.65. The van der Waals surface area contributed by atoms with Gasteiger partial charge in [0, 0.05) is 0 Å². The van der Waals surface area contributed by atoms with E-state index in [1.807, 2.05) is 0 Å². The second kappa shape index (κ2) is 5.31. The molecule has 0 saturated carbocycles. The standard InChI is InChI=1S/C12H13N5O3/c1-6-2-3-9(18)7(4-6)12(19)15-11-8(5-14-16-11)10(13)17-20/h2-5,18,20H,1H3,(H2,13,17)(H2,14,15,16,19). The molecule has 1 heterocycles. The number of nitrogens with two attached hydrogens (primary N) is 1. The molecule has 2 aromatic rings. The number of phenolic OH excluding ortho intramolecular Hbond substituents is 1. The molecule has 2 rings (SSSR count). The number of hydrogen-bond donors (Lipinski definition) is 5. The van der Waals surface area contributed by atoms with Crippen LogP contribution in [0.5, 0.6) is 5.75 Å². The second-order valence-corrected chi connectivity index (χ2v) is 4.12. The molecule has 8 nitrogen and oxygen atoms in total. The Morgan fingerprint density at radius 2 is 2.20 bits per heavy atom. The summed E-state index contributed by atoms with van der Waals surface area (Å²) in [6, 6.07) is 4.66. The number of aromatic nitrogens is 2. The van der Waals surface area contributed by atoms with E-state index in [0.717, 1.165) is 5.56 Å². The number of carbonyl (C=O) groups is 1. The summed E-state index contributed by atoms with van der Waals surface area (Å²) >= 11 is 0. The first-order chi connectivity index (χ1) is 9.52. The predicted octanol–water partition coefficient (Wildman–Crippen LogP) is 0.771. The molecule has 8 heteroatoms. The Balaban J connectivity index is 2.29. The zero-order valence-corrected chi connectivity index (χ0v) is 10.6. The van der Waals surface area contributed by atoms with Crippen LogP contribution in [-0.4, -0.2) is 32.3 Å². The number of H-pyrrole nitrogens is 1. The number of amidine groups is 1. The van der Waals surface area contributed by atoms with Crippen LogP contribution in [0, 0.1) is 6.92 Å². The molecule has 1 amide bonds. The summed E-state index contributed by atoms with van der Waals surface area (Å²) in [5.74, 6) is -0.700. The molecule has 0 saturated heterocycles. The third-order valence-corrected chi connectivity index (χ3v) is 2.66. The number of aryl methyl sites for hydroxylation is 1. The van der Waals surface area contributed by atoms with Crippen LogP contribution < -0.4 is 11.1 Å². The van der Waals surface area contributed by atoms with Gasteiger partial charge in [-0.25, -0.2) is 0 Å². The SMILES string of the molecule is Cc1ccc(O)c(C(=O)Nc2[nH]ncc2C(N)=NO)c1. The number of aromatic amines is 1. The highest BCUT2D eigenvalue weighted by atomic mass is 16.4. The van der Waals surface area contributed by atoms with E-state index in [0.29, 0.717) is 0 Å². The molecule has 0 atom stereocenters. The number of hydrogen-bond acceptors (Lipinski definition) is 5. The smallest absolute Gasteiger partial charge is 0.260 e. The number of nitrogens with zero attached hydrogens (tertiary/aromatic N) is 2.